The summed E-state index contributed by atoms with van der Waals surface area (Å²) in [5, 5.41) is 2.95. The molecule has 2 N–H and O–H groups in total. The lowest BCUT2D eigenvalue weighted by atomic mass is 10.2. The zero-order valence-corrected chi connectivity index (χ0v) is 11.4. The van der Waals surface area contributed by atoms with Gasteiger partial charge in [-0.1, -0.05) is 31.5 Å². The Kier molecular flexibility index (Phi) is 4.87. The number of aromatic nitrogens is 2. The number of unbranched alkanes of at least 4 members (excludes halogenated alkanes) is 1. The van der Waals surface area contributed by atoms with Gasteiger partial charge < -0.3 is 5.32 Å². The molecule has 5 heteroatoms. The van der Waals surface area contributed by atoms with E-state index in [0.717, 1.165) is 25.0 Å². The number of H-pyrrole nitrogens is 1. The largest absolute Gasteiger partial charge is 0.352 e. The molecule has 0 saturated carbocycles. The molecule has 1 aromatic carbocycles. The molecular weight excluding hydrogens is 257 g/mol. The third-order valence-electron chi connectivity index (χ3n) is 2.99. The van der Waals surface area contributed by atoms with E-state index in [1.165, 1.54) is 12.1 Å². The molecular formula is C15H18FN3O. The Hall–Kier alpha value is -2.17. The van der Waals surface area contributed by atoms with Gasteiger partial charge in [0, 0.05) is 23.9 Å². The highest BCUT2D eigenvalue weighted by atomic mass is 19.1. The fourth-order valence-corrected chi connectivity index (χ4v) is 1.90. The van der Waals surface area contributed by atoms with Gasteiger partial charge >= 0.3 is 0 Å². The fourth-order valence-electron chi connectivity index (χ4n) is 1.90. The van der Waals surface area contributed by atoms with Crippen molar-refractivity contribution in [3.05, 3.63) is 57.8 Å². The molecule has 0 atom stereocenters. The first kappa shape index (κ1) is 14.2. The van der Waals surface area contributed by atoms with Crippen LogP contribution in [0.15, 0.2) is 35.1 Å². The second-order valence-electron chi connectivity index (χ2n) is 4.63. The molecule has 2 aromatic rings. The van der Waals surface area contributed by atoms with Gasteiger partial charge in [-0.15, -0.1) is 0 Å². The number of aromatic amines is 1. The van der Waals surface area contributed by atoms with Gasteiger partial charge in [0.2, 0.25) is 5.95 Å². The first-order valence-corrected chi connectivity index (χ1v) is 6.76. The highest BCUT2D eigenvalue weighted by Crippen LogP contribution is 2.08. The predicted molar refractivity (Wildman–Crippen MR) is 77.2 cm³/mol. The first-order chi connectivity index (χ1) is 9.69. The summed E-state index contributed by atoms with van der Waals surface area (Å²) in [6.45, 7) is 2.37. The average molecular weight is 275 g/mol. The van der Waals surface area contributed by atoms with Crippen LogP contribution in [0.1, 0.15) is 31.0 Å². The summed E-state index contributed by atoms with van der Waals surface area (Å²) in [6.07, 6.45) is 2.81. The molecule has 20 heavy (non-hydrogen) atoms. The van der Waals surface area contributed by atoms with E-state index in [1.807, 2.05) is 0 Å². The smallest absolute Gasteiger partial charge is 0.252 e. The first-order valence-electron chi connectivity index (χ1n) is 6.76. The highest BCUT2D eigenvalue weighted by Gasteiger charge is 2.03. The predicted octanol–water partition coefficient (Wildman–Crippen LogP) is 2.86. The van der Waals surface area contributed by atoms with Crippen molar-refractivity contribution in [3.8, 4) is 0 Å². The van der Waals surface area contributed by atoms with E-state index in [1.54, 1.807) is 18.2 Å². The SMILES string of the molecule is CCCCc1cc(=O)[nH]c(NCc2ccccc2F)n1. The van der Waals surface area contributed by atoms with E-state index in [-0.39, 0.29) is 17.9 Å². The maximum atomic E-state index is 13.5. The van der Waals surface area contributed by atoms with Crippen LogP contribution >= 0.6 is 0 Å². The summed E-state index contributed by atoms with van der Waals surface area (Å²) in [6, 6.07) is 8.02. The van der Waals surface area contributed by atoms with Crippen LogP contribution in [-0.2, 0) is 13.0 Å². The molecule has 0 radical (unpaired) electrons. The molecule has 0 saturated heterocycles. The van der Waals surface area contributed by atoms with E-state index in [2.05, 4.69) is 22.2 Å². The van der Waals surface area contributed by atoms with Crippen molar-refractivity contribution >= 4 is 5.95 Å². The van der Waals surface area contributed by atoms with Gasteiger partial charge in [0.1, 0.15) is 5.82 Å². The fraction of sp³-hybridized carbons (Fsp3) is 0.333. The Bertz CT molecular complexity index is 625. The maximum absolute atomic E-state index is 13.5. The van der Waals surface area contributed by atoms with Crippen LogP contribution in [0.2, 0.25) is 0 Å². The molecule has 0 fully saturated rings. The molecule has 0 unspecified atom stereocenters. The summed E-state index contributed by atoms with van der Waals surface area (Å²) >= 11 is 0. The molecule has 0 aliphatic heterocycles. The van der Waals surface area contributed by atoms with Gasteiger partial charge in [0.25, 0.3) is 5.56 Å². The molecule has 0 spiro atoms. The highest BCUT2D eigenvalue weighted by molar-refractivity contribution is 5.28. The van der Waals surface area contributed by atoms with Gasteiger partial charge in [-0.05, 0) is 18.9 Å². The standard InChI is InChI=1S/C15H18FN3O/c1-2-3-7-12-9-14(20)19-15(18-12)17-10-11-6-4-5-8-13(11)16/h4-6,8-9H,2-3,7,10H2,1H3,(H2,17,18,19,20). The van der Waals surface area contributed by atoms with Gasteiger partial charge in [-0.3, -0.25) is 9.78 Å². The molecule has 1 heterocycles. The van der Waals surface area contributed by atoms with E-state index in [0.29, 0.717) is 11.5 Å². The van der Waals surface area contributed by atoms with Crippen LogP contribution in [0.25, 0.3) is 0 Å². The second-order valence-corrected chi connectivity index (χ2v) is 4.63. The monoisotopic (exact) mass is 275 g/mol. The lowest BCUT2D eigenvalue weighted by molar-refractivity contribution is 0.612. The molecule has 1 aromatic heterocycles. The number of aryl methyl sites for hydroxylation is 1. The van der Waals surface area contributed by atoms with Crippen molar-refractivity contribution in [2.45, 2.75) is 32.7 Å². The van der Waals surface area contributed by atoms with E-state index in [4.69, 9.17) is 0 Å². The quantitative estimate of drug-likeness (QED) is 0.852. The Labute approximate surface area is 117 Å². The Morgan fingerprint density at radius 2 is 2.15 bits per heavy atom. The van der Waals surface area contributed by atoms with Crippen LogP contribution < -0.4 is 10.9 Å². The van der Waals surface area contributed by atoms with Crippen molar-refractivity contribution in [1.29, 1.82) is 0 Å². The molecule has 0 amide bonds. The number of halogens is 1. The minimum atomic E-state index is -0.274. The van der Waals surface area contributed by atoms with Crippen molar-refractivity contribution in [2.24, 2.45) is 0 Å². The number of hydrogen-bond acceptors (Lipinski definition) is 3. The lowest BCUT2D eigenvalue weighted by Crippen LogP contribution is -2.14. The minimum absolute atomic E-state index is 0.192. The number of rotatable bonds is 6. The number of nitrogens with zero attached hydrogens (tertiary/aromatic N) is 1. The summed E-state index contributed by atoms with van der Waals surface area (Å²) in [7, 11) is 0. The van der Waals surface area contributed by atoms with E-state index < -0.39 is 0 Å². The zero-order chi connectivity index (χ0) is 14.4. The van der Waals surface area contributed by atoms with Crippen LogP contribution in [0.5, 0.6) is 0 Å². The van der Waals surface area contributed by atoms with Crippen molar-refractivity contribution in [3.63, 3.8) is 0 Å². The Morgan fingerprint density at radius 1 is 1.35 bits per heavy atom. The van der Waals surface area contributed by atoms with E-state index in [9.17, 15) is 9.18 Å². The van der Waals surface area contributed by atoms with E-state index >= 15 is 0 Å². The molecule has 4 nitrogen and oxygen atoms in total. The maximum Gasteiger partial charge on any atom is 0.252 e. The number of anilines is 1. The van der Waals surface area contributed by atoms with Crippen LogP contribution in [0.4, 0.5) is 10.3 Å². The van der Waals surface area contributed by atoms with Gasteiger partial charge in [0.15, 0.2) is 0 Å². The zero-order valence-electron chi connectivity index (χ0n) is 11.4. The number of benzene rings is 1. The lowest BCUT2D eigenvalue weighted by Gasteiger charge is -2.07. The Morgan fingerprint density at radius 3 is 2.90 bits per heavy atom. The topological polar surface area (TPSA) is 57.8 Å². The van der Waals surface area contributed by atoms with Crippen LogP contribution in [0, 0.1) is 5.82 Å². The van der Waals surface area contributed by atoms with Gasteiger partial charge in [-0.25, -0.2) is 9.37 Å². The minimum Gasteiger partial charge on any atom is -0.352 e. The third kappa shape index (κ3) is 3.91. The molecule has 0 aliphatic rings. The van der Waals surface area contributed by atoms with Crippen LogP contribution in [-0.4, -0.2) is 9.97 Å². The van der Waals surface area contributed by atoms with Gasteiger partial charge in [-0.2, -0.15) is 0 Å². The molecule has 106 valence electrons. The molecule has 0 bridgehead atoms. The Balaban J connectivity index is 2.07. The summed E-state index contributed by atoms with van der Waals surface area (Å²) in [5.74, 6) is 0.108. The van der Waals surface area contributed by atoms with Crippen molar-refractivity contribution < 1.29 is 4.39 Å². The van der Waals surface area contributed by atoms with Crippen molar-refractivity contribution in [1.82, 2.24) is 9.97 Å². The molecule has 0 aliphatic carbocycles. The van der Waals surface area contributed by atoms with Gasteiger partial charge in [0.05, 0.1) is 0 Å². The summed E-state index contributed by atoms with van der Waals surface area (Å²) < 4.78 is 13.5. The van der Waals surface area contributed by atoms with Crippen molar-refractivity contribution in [2.75, 3.05) is 5.32 Å². The molecule has 2 rings (SSSR count). The summed E-state index contributed by atoms with van der Waals surface area (Å²) in [5.41, 5.74) is 1.10. The van der Waals surface area contributed by atoms with Crippen LogP contribution in [0.3, 0.4) is 0 Å². The number of nitrogens with one attached hydrogen (secondary N) is 2. The summed E-state index contributed by atoms with van der Waals surface area (Å²) in [4.78, 5) is 18.5. The normalized spacial score (nSPS) is 10.5. The third-order valence-corrected chi connectivity index (χ3v) is 2.99. The number of hydrogen-bond donors (Lipinski definition) is 2. The second kappa shape index (κ2) is 6.84. The average Bonchev–Trinajstić information content (AvgIpc) is 2.44.